The molecule has 0 radical (unpaired) electrons. The molecule has 0 heterocycles. The molecule has 0 bridgehead atoms. The molecule has 0 N–H and O–H groups in total. The van der Waals surface area contributed by atoms with E-state index in [1.807, 2.05) is 0 Å². The first-order valence-corrected chi connectivity index (χ1v) is 3.65. The Morgan fingerprint density at radius 3 is 2.70 bits per heavy atom. The second-order valence-electron chi connectivity index (χ2n) is 2.02. The molecule has 0 unspecified atom stereocenters. The topological polar surface area (TPSA) is 17.1 Å². The molecule has 1 rings (SSSR count). The standard InChI is InChI=1S/C7H6FOP/c1-5-4-6(8)2-3-7(5)10-9/h2-4H,1H3. The van der Waals surface area contributed by atoms with Crippen LogP contribution in [0, 0.1) is 12.7 Å². The maximum atomic E-state index is 12.4. The minimum atomic E-state index is -0.287. The second kappa shape index (κ2) is 2.89. The van der Waals surface area contributed by atoms with Crippen LogP contribution >= 0.6 is 8.46 Å². The lowest BCUT2D eigenvalue weighted by molar-refractivity contribution is 0.603. The largest absolute Gasteiger partial charge is 0.269 e. The number of benzene rings is 1. The molecule has 0 saturated carbocycles. The lowest BCUT2D eigenvalue weighted by Gasteiger charge is -1.94. The summed E-state index contributed by atoms with van der Waals surface area (Å²) in [4.78, 5) is 0. The Morgan fingerprint density at radius 1 is 1.50 bits per heavy atom. The van der Waals surface area contributed by atoms with E-state index in [4.69, 9.17) is 0 Å². The average molecular weight is 156 g/mol. The lowest BCUT2D eigenvalue weighted by atomic mass is 10.2. The van der Waals surface area contributed by atoms with Gasteiger partial charge in [0.05, 0.1) is 0 Å². The maximum Gasteiger partial charge on any atom is 0.192 e. The van der Waals surface area contributed by atoms with E-state index in [1.54, 1.807) is 6.92 Å². The Hall–Kier alpha value is -0.750. The molecular formula is C7H6FOP. The molecule has 0 saturated heterocycles. The van der Waals surface area contributed by atoms with Gasteiger partial charge in [-0.2, -0.15) is 0 Å². The Balaban J connectivity index is 3.19. The van der Waals surface area contributed by atoms with Crippen LogP contribution < -0.4 is 5.30 Å². The van der Waals surface area contributed by atoms with Crippen LogP contribution in [-0.2, 0) is 4.57 Å². The summed E-state index contributed by atoms with van der Waals surface area (Å²) in [5.74, 6) is -0.287. The van der Waals surface area contributed by atoms with E-state index in [1.165, 1.54) is 18.2 Å². The fourth-order valence-electron chi connectivity index (χ4n) is 0.721. The van der Waals surface area contributed by atoms with Crippen LogP contribution in [0.3, 0.4) is 0 Å². The third kappa shape index (κ3) is 1.39. The van der Waals surface area contributed by atoms with E-state index in [0.29, 0.717) is 5.30 Å². The highest BCUT2D eigenvalue weighted by atomic mass is 31.1. The van der Waals surface area contributed by atoms with Crippen LogP contribution in [0.2, 0.25) is 0 Å². The van der Waals surface area contributed by atoms with Crippen molar-refractivity contribution in [1.82, 2.24) is 0 Å². The Morgan fingerprint density at radius 2 is 2.20 bits per heavy atom. The first kappa shape index (κ1) is 7.36. The second-order valence-corrected chi connectivity index (χ2v) is 2.69. The van der Waals surface area contributed by atoms with Gasteiger partial charge in [0.15, 0.2) is 8.46 Å². The van der Waals surface area contributed by atoms with Crippen molar-refractivity contribution in [2.75, 3.05) is 0 Å². The van der Waals surface area contributed by atoms with Gasteiger partial charge in [-0.3, -0.25) is 4.57 Å². The smallest absolute Gasteiger partial charge is 0.192 e. The van der Waals surface area contributed by atoms with Crippen molar-refractivity contribution in [2.45, 2.75) is 6.92 Å². The van der Waals surface area contributed by atoms with Gasteiger partial charge < -0.3 is 0 Å². The normalized spacial score (nSPS) is 10.2. The summed E-state index contributed by atoms with van der Waals surface area (Å²) in [5.41, 5.74) is 0.719. The Kier molecular flexibility index (Phi) is 2.13. The molecule has 0 atom stereocenters. The summed E-state index contributed by atoms with van der Waals surface area (Å²) in [5, 5.41) is 0.640. The maximum absolute atomic E-state index is 12.4. The predicted octanol–water partition coefficient (Wildman–Crippen LogP) is 2.05. The fraction of sp³-hybridized carbons (Fsp3) is 0.143. The molecule has 0 aliphatic carbocycles. The molecule has 0 aromatic heterocycles. The summed E-state index contributed by atoms with van der Waals surface area (Å²) >= 11 is 0. The van der Waals surface area contributed by atoms with Crippen molar-refractivity contribution in [3.05, 3.63) is 29.6 Å². The van der Waals surface area contributed by atoms with E-state index in [9.17, 15) is 8.96 Å². The third-order valence-corrected chi connectivity index (χ3v) is 1.96. The Labute approximate surface area is 60.1 Å². The quantitative estimate of drug-likeness (QED) is 0.568. The summed E-state index contributed by atoms with van der Waals surface area (Å²) in [6, 6.07) is 4.17. The third-order valence-electron chi connectivity index (χ3n) is 1.26. The van der Waals surface area contributed by atoms with Crippen LogP contribution in [0.1, 0.15) is 5.56 Å². The van der Waals surface area contributed by atoms with Crippen molar-refractivity contribution in [1.29, 1.82) is 0 Å². The Bertz CT molecular complexity index is 260. The number of rotatable bonds is 1. The van der Waals surface area contributed by atoms with Gasteiger partial charge in [0, 0.05) is 5.30 Å². The van der Waals surface area contributed by atoms with Gasteiger partial charge in [-0.15, -0.1) is 0 Å². The van der Waals surface area contributed by atoms with Gasteiger partial charge >= 0.3 is 0 Å². The molecule has 3 heteroatoms. The molecule has 0 aliphatic heterocycles. The lowest BCUT2D eigenvalue weighted by Crippen LogP contribution is -1.96. The van der Waals surface area contributed by atoms with Crippen molar-refractivity contribution in [3.63, 3.8) is 0 Å². The number of hydrogen-bond donors (Lipinski definition) is 0. The highest BCUT2D eigenvalue weighted by Crippen LogP contribution is 2.04. The van der Waals surface area contributed by atoms with Gasteiger partial charge in [0.25, 0.3) is 0 Å². The molecule has 1 nitrogen and oxygen atoms in total. The van der Waals surface area contributed by atoms with Crippen LogP contribution in [-0.4, -0.2) is 0 Å². The highest BCUT2D eigenvalue weighted by molar-refractivity contribution is 7.34. The van der Waals surface area contributed by atoms with Crippen LogP contribution in [0.25, 0.3) is 0 Å². The zero-order valence-electron chi connectivity index (χ0n) is 5.47. The minimum absolute atomic E-state index is 0.0520. The molecule has 1 aromatic rings. The van der Waals surface area contributed by atoms with E-state index < -0.39 is 0 Å². The minimum Gasteiger partial charge on any atom is -0.269 e. The molecular weight excluding hydrogens is 150 g/mol. The summed E-state index contributed by atoms with van der Waals surface area (Å²) in [6.07, 6.45) is 0. The first-order valence-electron chi connectivity index (χ1n) is 2.83. The monoisotopic (exact) mass is 156 g/mol. The van der Waals surface area contributed by atoms with Crippen molar-refractivity contribution < 1.29 is 8.96 Å². The summed E-state index contributed by atoms with van der Waals surface area (Å²) < 4.78 is 22.7. The predicted molar refractivity (Wildman–Crippen MR) is 38.4 cm³/mol. The van der Waals surface area contributed by atoms with Crippen LogP contribution in [0.5, 0.6) is 0 Å². The SMILES string of the molecule is Cc1cc(F)ccc1P=O. The van der Waals surface area contributed by atoms with Gasteiger partial charge in [-0.1, -0.05) is 0 Å². The molecule has 0 fully saturated rings. The fourth-order valence-corrected chi connectivity index (χ4v) is 1.07. The van der Waals surface area contributed by atoms with Crippen LogP contribution in [0.15, 0.2) is 18.2 Å². The van der Waals surface area contributed by atoms with Crippen molar-refractivity contribution >= 4 is 13.8 Å². The molecule has 10 heavy (non-hydrogen) atoms. The van der Waals surface area contributed by atoms with Crippen LogP contribution in [0.4, 0.5) is 4.39 Å². The number of halogens is 1. The van der Waals surface area contributed by atoms with E-state index in [0.717, 1.165) is 5.56 Å². The molecule has 1 aromatic carbocycles. The first-order chi connectivity index (χ1) is 4.74. The molecule has 0 amide bonds. The molecule has 52 valence electrons. The van der Waals surface area contributed by atoms with E-state index in [-0.39, 0.29) is 14.3 Å². The van der Waals surface area contributed by atoms with Gasteiger partial charge in [0.1, 0.15) is 5.82 Å². The highest BCUT2D eigenvalue weighted by Gasteiger charge is 1.97. The van der Waals surface area contributed by atoms with Crippen molar-refractivity contribution in [2.24, 2.45) is 0 Å². The van der Waals surface area contributed by atoms with E-state index >= 15 is 0 Å². The molecule has 0 aliphatic rings. The number of hydrogen-bond acceptors (Lipinski definition) is 1. The van der Waals surface area contributed by atoms with E-state index in [2.05, 4.69) is 0 Å². The zero-order chi connectivity index (χ0) is 7.56. The summed E-state index contributed by atoms with van der Waals surface area (Å²) in [7, 11) is -0.0520. The molecule has 0 spiro atoms. The zero-order valence-corrected chi connectivity index (χ0v) is 6.36. The van der Waals surface area contributed by atoms with Gasteiger partial charge in [-0.05, 0) is 30.7 Å². The van der Waals surface area contributed by atoms with Gasteiger partial charge in [0.2, 0.25) is 0 Å². The van der Waals surface area contributed by atoms with Gasteiger partial charge in [-0.25, -0.2) is 4.39 Å². The number of aryl methyl sites for hydroxylation is 1. The van der Waals surface area contributed by atoms with Crippen molar-refractivity contribution in [3.8, 4) is 0 Å². The average Bonchev–Trinajstić information content (AvgIpc) is 1.88. The summed E-state index contributed by atoms with van der Waals surface area (Å²) in [6.45, 7) is 1.73.